The van der Waals surface area contributed by atoms with E-state index in [0.29, 0.717) is 18.1 Å². The highest BCUT2D eigenvalue weighted by atomic mass is 32.1. The van der Waals surface area contributed by atoms with Crippen LogP contribution < -0.4 is 5.32 Å². The maximum atomic E-state index is 11.0. The third kappa shape index (κ3) is 2.21. The van der Waals surface area contributed by atoms with Crippen LogP contribution in [-0.2, 0) is 13.6 Å². The predicted octanol–water partition coefficient (Wildman–Crippen LogP) is 2.62. The first-order valence-electron chi connectivity index (χ1n) is 5.45. The molecule has 2 aromatic heterocycles. The third-order valence-corrected chi connectivity index (χ3v) is 3.78. The van der Waals surface area contributed by atoms with Crippen molar-refractivity contribution in [2.45, 2.75) is 20.4 Å². The summed E-state index contributed by atoms with van der Waals surface area (Å²) >= 11 is 1.63. The lowest BCUT2D eigenvalue weighted by Gasteiger charge is -2.05. The van der Waals surface area contributed by atoms with Gasteiger partial charge < -0.3 is 5.32 Å². The Balaban J connectivity index is 2.24. The molecule has 0 radical (unpaired) electrons. The summed E-state index contributed by atoms with van der Waals surface area (Å²) in [6.45, 7) is 4.24. The minimum Gasteiger partial charge on any atom is -0.360 e. The minimum absolute atomic E-state index is 0.0479. The van der Waals surface area contributed by atoms with E-state index in [9.17, 15) is 10.1 Å². The second-order valence-corrected chi connectivity index (χ2v) is 5.04. The lowest BCUT2D eigenvalue weighted by atomic mass is 10.3. The topological polar surface area (TPSA) is 73.0 Å². The van der Waals surface area contributed by atoms with Gasteiger partial charge >= 0.3 is 5.69 Å². The molecule has 0 atom stereocenters. The smallest absolute Gasteiger partial charge is 0.333 e. The molecule has 1 N–H and O–H groups in total. The molecule has 2 aromatic rings. The molecule has 0 aromatic carbocycles. The van der Waals surface area contributed by atoms with E-state index in [1.165, 1.54) is 15.1 Å². The van der Waals surface area contributed by atoms with Gasteiger partial charge in [0.2, 0.25) is 5.82 Å². The summed E-state index contributed by atoms with van der Waals surface area (Å²) in [5, 5.41) is 20.2. The van der Waals surface area contributed by atoms with Crippen molar-refractivity contribution in [2.24, 2.45) is 7.05 Å². The highest BCUT2D eigenvalue weighted by Crippen LogP contribution is 2.28. The van der Waals surface area contributed by atoms with E-state index in [1.54, 1.807) is 25.3 Å². The van der Waals surface area contributed by atoms with Crippen LogP contribution >= 0.6 is 11.3 Å². The van der Waals surface area contributed by atoms with Gasteiger partial charge in [-0.15, -0.1) is 11.3 Å². The molecule has 2 rings (SSSR count). The largest absolute Gasteiger partial charge is 0.360 e. The van der Waals surface area contributed by atoms with Gasteiger partial charge in [-0.05, 0) is 30.9 Å². The van der Waals surface area contributed by atoms with Crippen LogP contribution in [0.15, 0.2) is 11.4 Å². The summed E-state index contributed by atoms with van der Waals surface area (Å²) in [5.74, 6) is 0.449. The Labute approximate surface area is 108 Å². The molecule has 2 heterocycles. The fourth-order valence-electron chi connectivity index (χ4n) is 1.81. The lowest BCUT2D eigenvalue weighted by molar-refractivity contribution is -0.384. The maximum absolute atomic E-state index is 11.0. The average Bonchev–Trinajstić information content (AvgIpc) is 2.79. The Morgan fingerprint density at radius 3 is 2.83 bits per heavy atom. The zero-order chi connectivity index (χ0) is 13.3. The van der Waals surface area contributed by atoms with Gasteiger partial charge in [-0.2, -0.15) is 5.10 Å². The lowest BCUT2D eigenvalue weighted by Crippen LogP contribution is -2.06. The molecular formula is C11H14N4O2S. The number of rotatable bonds is 4. The molecule has 0 spiro atoms. The molecule has 0 fully saturated rings. The summed E-state index contributed by atoms with van der Waals surface area (Å²) < 4.78 is 1.51. The Bertz CT molecular complexity index is 588. The zero-order valence-corrected chi connectivity index (χ0v) is 11.2. The van der Waals surface area contributed by atoms with E-state index >= 15 is 0 Å². The van der Waals surface area contributed by atoms with Gasteiger partial charge in [-0.1, -0.05) is 0 Å². The van der Waals surface area contributed by atoms with Gasteiger partial charge in [0.1, 0.15) is 5.69 Å². The van der Waals surface area contributed by atoms with E-state index in [0.717, 1.165) is 0 Å². The number of nitrogens with zero attached hydrogens (tertiary/aromatic N) is 3. The number of hydrogen-bond acceptors (Lipinski definition) is 5. The maximum Gasteiger partial charge on any atom is 0.333 e. The molecule has 0 aliphatic heterocycles. The molecule has 7 heteroatoms. The van der Waals surface area contributed by atoms with E-state index in [-0.39, 0.29) is 5.69 Å². The van der Waals surface area contributed by atoms with Crippen LogP contribution in [0.4, 0.5) is 11.5 Å². The van der Waals surface area contributed by atoms with Crippen LogP contribution in [0.5, 0.6) is 0 Å². The standard InChI is InChI=1S/C11H14N4O2S/c1-7-4-5-18-9(7)6-12-11-10(15(16)17)8(2)13-14(11)3/h4-5,12H,6H2,1-3H3. The van der Waals surface area contributed by atoms with Gasteiger partial charge in [-0.3, -0.25) is 10.1 Å². The summed E-state index contributed by atoms with van der Waals surface area (Å²) in [5.41, 5.74) is 1.66. The van der Waals surface area contributed by atoms with Crippen molar-refractivity contribution in [3.63, 3.8) is 0 Å². The molecule has 0 amide bonds. The number of anilines is 1. The summed E-state index contributed by atoms with van der Waals surface area (Å²) in [6.07, 6.45) is 0. The van der Waals surface area contributed by atoms with Crippen LogP contribution in [0.3, 0.4) is 0 Å². The van der Waals surface area contributed by atoms with Crippen LogP contribution in [0, 0.1) is 24.0 Å². The first kappa shape index (κ1) is 12.6. The second-order valence-electron chi connectivity index (χ2n) is 4.04. The van der Waals surface area contributed by atoms with E-state index in [4.69, 9.17) is 0 Å². The van der Waals surface area contributed by atoms with Crippen molar-refractivity contribution in [3.05, 3.63) is 37.7 Å². The summed E-state index contributed by atoms with van der Waals surface area (Å²) in [6, 6.07) is 2.03. The number of aromatic nitrogens is 2. The summed E-state index contributed by atoms with van der Waals surface area (Å²) in [7, 11) is 1.70. The van der Waals surface area contributed by atoms with Gasteiger partial charge in [0.15, 0.2) is 0 Å². The Hall–Kier alpha value is -1.89. The van der Waals surface area contributed by atoms with Crippen molar-refractivity contribution in [3.8, 4) is 0 Å². The monoisotopic (exact) mass is 266 g/mol. The Kier molecular flexibility index (Phi) is 3.33. The predicted molar refractivity (Wildman–Crippen MR) is 71.0 cm³/mol. The van der Waals surface area contributed by atoms with Crippen molar-refractivity contribution < 1.29 is 4.92 Å². The van der Waals surface area contributed by atoms with Crippen molar-refractivity contribution in [2.75, 3.05) is 5.32 Å². The highest BCUT2D eigenvalue weighted by molar-refractivity contribution is 7.10. The molecule has 0 aliphatic carbocycles. The number of aryl methyl sites for hydroxylation is 3. The number of nitro groups is 1. The molecule has 0 saturated carbocycles. The van der Waals surface area contributed by atoms with Crippen LogP contribution in [0.2, 0.25) is 0 Å². The van der Waals surface area contributed by atoms with Crippen molar-refractivity contribution >= 4 is 22.8 Å². The van der Waals surface area contributed by atoms with E-state index in [2.05, 4.69) is 10.4 Å². The minimum atomic E-state index is -0.397. The molecule has 6 nitrogen and oxygen atoms in total. The van der Waals surface area contributed by atoms with E-state index < -0.39 is 4.92 Å². The molecule has 0 unspecified atom stereocenters. The molecule has 18 heavy (non-hydrogen) atoms. The van der Waals surface area contributed by atoms with Crippen molar-refractivity contribution in [1.29, 1.82) is 0 Å². The first-order chi connectivity index (χ1) is 8.50. The van der Waals surface area contributed by atoms with E-state index in [1.807, 2.05) is 18.4 Å². The third-order valence-electron chi connectivity index (χ3n) is 2.76. The average molecular weight is 266 g/mol. The van der Waals surface area contributed by atoms with Crippen LogP contribution in [-0.4, -0.2) is 14.7 Å². The fraction of sp³-hybridized carbons (Fsp3) is 0.364. The van der Waals surface area contributed by atoms with Crippen LogP contribution in [0.25, 0.3) is 0 Å². The molecular weight excluding hydrogens is 252 g/mol. The first-order valence-corrected chi connectivity index (χ1v) is 6.33. The molecule has 0 saturated heterocycles. The van der Waals surface area contributed by atoms with Gasteiger partial charge in [-0.25, -0.2) is 4.68 Å². The zero-order valence-electron chi connectivity index (χ0n) is 10.4. The van der Waals surface area contributed by atoms with Gasteiger partial charge in [0, 0.05) is 11.9 Å². The normalized spacial score (nSPS) is 10.6. The fourth-order valence-corrected chi connectivity index (χ4v) is 2.66. The number of hydrogen-bond donors (Lipinski definition) is 1. The van der Waals surface area contributed by atoms with Gasteiger partial charge in [0.25, 0.3) is 0 Å². The second kappa shape index (κ2) is 4.77. The quantitative estimate of drug-likeness (QED) is 0.682. The SMILES string of the molecule is Cc1ccsc1CNc1c([N+](=O)[O-])c(C)nn1C. The summed E-state index contributed by atoms with van der Waals surface area (Å²) in [4.78, 5) is 11.8. The van der Waals surface area contributed by atoms with Gasteiger partial charge in [0.05, 0.1) is 11.5 Å². The number of nitrogens with one attached hydrogen (secondary N) is 1. The van der Waals surface area contributed by atoms with Crippen LogP contribution in [0.1, 0.15) is 16.1 Å². The Morgan fingerprint density at radius 1 is 1.56 bits per heavy atom. The Morgan fingerprint density at radius 2 is 2.28 bits per heavy atom. The highest BCUT2D eigenvalue weighted by Gasteiger charge is 2.23. The molecule has 0 aliphatic rings. The van der Waals surface area contributed by atoms with Crippen molar-refractivity contribution in [1.82, 2.24) is 9.78 Å². The molecule has 0 bridgehead atoms. The molecule has 96 valence electrons. The number of thiophene rings is 1.